The first kappa shape index (κ1) is 16.7. The molecule has 0 fully saturated rings. The Hall–Kier alpha value is -2.16. The van der Waals surface area contributed by atoms with Gasteiger partial charge in [0.25, 0.3) is 0 Å². The number of fused-ring (bicyclic) bond motifs is 2. The molecular weight excluding hydrogens is 300 g/mol. The summed E-state index contributed by atoms with van der Waals surface area (Å²) in [5.74, 6) is 0.368. The third kappa shape index (κ3) is 2.95. The first-order valence-corrected chi connectivity index (χ1v) is 8.59. The molecule has 2 aliphatic rings. The first-order valence-electron chi connectivity index (χ1n) is 8.59. The van der Waals surface area contributed by atoms with Crippen molar-refractivity contribution in [1.82, 2.24) is 0 Å². The summed E-state index contributed by atoms with van der Waals surface area (Å²) in [6.45, 7) is 8.58. The van der Waals surface area contributed by atoms with E-state index in [1.807, 2.05) is 12.1 Å². The van der Waals surface area contributed by atoms with Gasteiger partial charge in [-0.3, -0.25) is 9.59 Å². The molecule has 3 heteroatoms. The van der Waals surface area contributed by atoms with E-state index in [1.54, 1.807) is 12.1 Å². The number of ketones is 2. The minimum Gasteiger partial charge on any atom is -0.482 e. The third-order valence-electron chi connectivity index (χ3n) is 4.66. The van der Waals surface area contributed by atoms with E-state index in [2.05, 4.69) is 33.8 Å². The highest BCUT2D eigenvalue weighted by Crippen LogP contribution is 2.42. The molecule has 0 saturated carbocycles. The van der Waals surface area contributed by atoms with Crippen LogP contribution >= 0.6 is 0 Å². The SMILES string of the molecule is C/C(=C\C1(C)CCC2=C(O1)c1ccccc1C(=O)C2=O)CC(C)C. The summed E-state index contributed by atoms with van der Waals surface area (Å²) >= 11 is 0. The van der Waals surface area contributed by atoms with Crippen molar-refractivity contribution < 1.29 is 14.3 Å². The fraction of sp³-hybridized carbons (Fsp3) is 0.429. The smallest absolute Gasteiger partial charge is 0.234 e. The van der Waals surface area contributed by atoms with Gasteiger partial charge >= 0.3 is 0 Å². The molecule has 0 bridgehead atoms. The van der Waals surface area contributed by atoms with Crippen molar-refractivity contribution in [3.05, 3.63) is 52.6 Å². The van der Waals surface area contributed by atoms with Crippen LogP contribution in [0.1, 0.15) is 62.9 Å². The van der Waals surface area contributed by atoms with Crippen LogP contribution in [0.5, 0.6) is 0 Å². The Morgan fingerprint density at radius 1 is 1.21 bits per heavy atom. The van der Waals surface area contributed by atoms with Crippen molar-refractivity contribution in [1.29, 1.82) is 0 Å². The molecule has 1 heterocycles. The highest BCUT2D eigenvalue weighted by Gasteiger charge is 2.40. The molecular formula is C21H24O3. The van der Waals surface area contributed by atoms with Gasteiger partial charge in [-0.25, -0.2) is 0 Å². The fourth-order valence-corrected chi connectivity index (χ4v) is 3.73. The number of allylic oxidation sites excluding steroid dienone is 2. The lowest BCUT2D eigenvalue weighted by Gasteiger charge is -2.37. The van der Waals surface area contributed by atoms with E-state index >= 15 is 0 Å². The minimum absolute atomic E-state index is 0.409. The van der Waals surface area contributed by atoms with Crippen molar-refractivity contribution in [2.75, 3.05) is 0 Å². The van der Waals surface area contributed by atoms with E-state index in [0.29, 0.717) is 35.7 Å². The summed E-state index contributed by atoms with van der Waals surface area (Å²) in [4.78, 5) is 24.7. The van der Waals surface area contributed by atoms with Crippen LogP contribution in [0.4, 0.5) is 0 Å². The number of rotatable bonds is 3. The van der Waals surface area contributed by atoms with Crippen LogP contribution in [-0.4, -0.2) is 17.2 Å². The average molecular weight is 324 g/mol. The molecule has 3 nitrogen and oxygen atoms in total. The lowest BCUT2D eigenvalue weighted by atomic mass is 9.81. The van der Waals surface area contributed by atoms with Crippen molar-refractivity contribution in [3.63, 3.8) is 0 Å². The normalized spacial score (nSPS) is 24.0. The molecule has 0 saturated heterocycles. The predicted molar refractivity (Wildman–Crippen MR) is 94.6 cm³/mol. The van der Waals surface area contributed by atoms with Gasteiger partial charge in [-0.1, -0.05) is 43.7 Å². The lowest BCUT2D eigenvalue weighted by Crippen LogP contribution is -2.35. The Bertz CT molecular complexity index is 767. The standard InChI is InChI=1S/C21H24O3/c1-13(2)11-14(3)12-21(4)10-9-17-19(23)18(22)15-7-5-6-8-16(15)20(17)24-21/h5-8,12-13H,9-11H2,1-4H3/b14-12+. The Labute approximate surface area is 143 Å². The van der Waals surface area contributed by atoms with Crippen LogP contribution in [0.15, 0.2) is 41.5 Å². The summed E-state index contributed by atoms with van der Waals surface area (Å²) in [6.07, 6.45) is 4.50. The van der Waals surface area contributed by atoms with E-state index in [-0.39, 0.29) is 0 Å². The molecule has 3 rings (SSSR count). The van der Waals surface area contributed by atoms with Gasteiger partial charge in [0.2, 0.25) is 11.6 Å². The van der Waals surface area contributed by atoms with E-state index in [4.69, 9.17) is 4.74 Å². The van der Waals surface area contributed by atoms with Crippen molar-refractivity contribution in [2.45, 2.75) is 52.6 Å². The molecule has 1 aromatic rings. The molecule has 0 N–H and O–H groups in total. The summed E-state index contributed by atoms with van der Waals surface area (Å²) in [7, 11) is 0. The van der Waals surface area contributed by atoms with E-state index < -0.39 is 17.2 Å². The van der Waals surface area contributed by atoms with E-state index in [9.17, 15) is 9.59 Å². The molecule has 24 heavy (non-hydrogen) atoms. The Morgan fingerprint density at radius 2 is 1.88 bits per heavy atom. The van der Waals surface area contributed by atoms with Gasteiger partial charge in [0.1, 0.15) is 11.4 Å². The number of carbonyl (C=O) groups excluding carboxylic acids is 2. The molecule has 1 aliphatic heterocycles. The zero-order valence-electron chi connectivity index (χ0n) is 14.8. The first-order chi connectivity index (χ1) is 11.3. The van der Waals surface area contributed by atoms with Crippen molar-refractivity contribution >= 4 is 17.3 Å². The second kappa shape index (κ2) is 6.04. The second-order valence-corrected chi connectivity index (χ2v) is 7.51. The molecule has 1 aromatic carbocycles. The molecule has 1 atom stereocenters. The van der Waals surface area contributed by atoms with Crippen molar-refractivity contribution in [3.8, 4) is 0 Å². The zero-order valence-corrected chi connectivity index (χ0v) is 14.8. The van der Waals surface area contributed by atoms with Gasteiger partial charge in [-0.05, 0) is 45.1 Å². The Morgan fingerprint density at radius 3 is 2.54 bits per heavy atom. The minimum atomic E-state index is -0.439. The maximum Gasteiger partial charge on any atom is 0.234 e. The fourth-order valence-electron chi connectivity index (χ4n) is 3.73. The number of hydrogen-bond acceptors (Lipinski definition) is 3. The largest absolute Gasteiger partial charge is 0.482 e. The topological polar surface area (TPSA) is 43.4 Å². The number of Topliss-reactive ketones (excluding diaryl/α,β-unsaturated/α-hetero) is 2. The number of ether oxygens (including phenoxy) is 1. The highest BCUT2D eigenvalue weighted by molar-refractivity contribution is 6.52. The number of benzene rings is 1. The van der Waals surface area contributed by atoms with Crippen LogP contribution in [0.2, 0.25) is 0 Å². The van der Waals surface area contributed by atoms with Gasteiger partial charge in [-0.15, -0.1) is 0 Å². The van der Waals surface area contributed by atoms with Crippen LogP contribution < -0.4 is 0 Å². The van der Waals surface area contributed by atoms with Gasteiger partial charge in [0.05, 0.1) is 0 Å². The number of carbonyl (C=O) groups is 2. The lowest BCUT2D eigenvalue weighted by molar-refractivity contribution is -0.112. The molecule has 0 spiro atoms. The summed E-state index contributed by atoms with van der Waals surface area (Å²) in [5.41, 5.74) is 2.59. The summed E-state index contributed by atoms with van der Waals surface area (Å²) < 4.78 is 6.31. The van der Waals surface area contributed by atoms with E-state index in [1.165, 1.54) is 5.57 Å². The Kier molecular flexibility index (Phi) is 4.20. The predicted octanol–water partition coefficient (Wildman–Crippen LogP) is 4.72. The van der Waals surface area contributed by atoms with Gasteiger partial charge in [-0.2, -0.15) is 0 Å². The van der Waals surface area contributed by atoms with Crippen LogP contribution in [-0.2, 0) is 9.53 Å². The zero-order chi connectivity index (χ0) is 17.5. The van der Waals surface area contributed by atoms with E-state index in [0.717, 1.165) is 12.0 Å². The molecule has 1 aliphatic carbocycles. The highest BCUT2D eigenvalue weighted by atomic mass is 16.5. The van der Waals surface area contributed by atoms with Gasteiger partial charge in [0.15, 0.2) is 0 Å². The summed E-state index contributed by atoms with van der Waals surface area (Å²) in [5, 5.41) is 0. The average Bonchev–Trinajstić information content (AvgIpc) is 2.51. The monoisotopic (exact) mass is 324 g/mol. The van der Waals surface area contributed by atoms with Gasteiger partial charge in [0, 0.05) is 16.7 Å². The Balaban J connectivity index is 1.99. The van der Waals surface area contributed by atoms with Gasteiger partial charge < -0.3 is 4.74 Å². The summed E-state index contributed by atoms with van der Waals surface area (Å²) in [6, 6.07) is 7.23. The van der Waals surface area contributed by atoms with Crippen LogP contribution in [0.3, 0.4) is 0 Å². The maximum atomic E-state index is 12.4. The molecule has 1 unspecified atom stereocenters. The third-order valence-corrected chi connectivity index (χ3v) is 4.66. The molecule has 0 amide bonds. The molecule has 126 valence electrons. The van der Waals surface area contributed by atoms with Crippen molar-refractivity contribution in [2.24, 2.45) is 5.92 Å². The maximum absolute atomic E-state index is 12.4. The van der Waals surface area contributed by atoms with Crippen LogP contribution in [0.25, 0.3) is 5.76 Å². The second-order valence-electron chi connectivity index (χ2n) is 7.51. The van der Waals surface area contributed by atoms with Crippen LogP contribution in [0, 0.1) is 5.92 Å². The molecule has 0 radical (unpaired) electrons. The molecule has 0 aromatic heterocycles. The number of hydrogen-bond donors (Lipinski definition) is 0. The quantitative estimate of drug-likeness (QED) is 0.596.